The number of hydrogen-bond acceptors (Lipinski definition) is 2. The number of nitrogens with one attached hydrogen (secondary N) is 1. The molecule has 1 aromatic carbocycles. The molecule has 1 N–H and O–H groups in total. The molecule has 1 saturated heterocycles. The highest BCUT2D eigenvalue weighted by molar-refractivity contribution is 9.10. The number of rotatable bonds is 1. The Morgan fingerprint density at radius 3 is 2.93 bits per heavy atom. The summed E-state index contributed by atoms with van der Waals surface area (Å²) < 4.78 is 1.20. The van der Waals surface area contributed by atoms with Gasteiger partial charge in [-0.15, -0.1) is 0 Å². The average Bonchev–Trinajstić information content (AvgIpc) is 2.22. The largest absolute Gasteiger partial charge is 0.369 e. The highest BCUT2D eigenvalue weighted by Gasteiger charge is 2.15. The summed E-state index contributed by atoms with van der Waals surface area (Å²) in [4.78, 5) is 2.44. The van der Waals surface area contributed by atoms with E-state index in [0.29, 0.717) is 6.04 Å². The van der Waals surface area contributed by atoms with Gasteiger partial charge in [-0.05, 0) is 31.5 Å². The van der Waals surface area contributed by atoms with Crippen molar-refractivity contribution in [3.63, 3.8) is 0 Å². The van der Waals surface area contributed by atoms with Gasteiger partial charge in [0, 0.05) is 35.8 Å². The molecule has 0 bridgehead atoms. The molecular formula is C12H17BrN2. The molecule has 0 amide bonds. The molecule has 1 unspecified atom stereocenters. The SMILES string of the molecule is Cc1ccc(N2CCNC(C)C2)cc1Br. The smallest absolute Gasteiger partial charge is 0.0378 e. The van der Waals surface area contributed by atoms with Gasteiger partial charge in [0.05, 0.1) is 0 Å². The third-order valence-electron chi connectivity index (χ3n) is 2.89. The van der Waals surface area contributed by atoms with Crippen LogP contribution in [0.2, 0.25) is 0 Å². The second-order valence-electron chi connectivity index (χ2n) is 4.23. The Kier molecular flexibility index (Phi) is 3.32. The van der Waals surface area contributed by atoms with Gasteiger partial charge in [0.2, 0.25) is 0 Å². The van der Waals surface area contributed by atoms with Gasteiger partial charge in [-0.1, -0.05) is 22.0 Å². The Hall–Kier alpha value is -0.540. The van der Waals surface area contributed by atoms with Gasteiger partial charge in [-0.25, -0.2) is 0 Å². The molecule has 2 rings (SSSR count). The zero-order chi connectivity index (χ0) is 10.8. The van der Waals surface area contributed by atoms with E-state index in [0.717, 1.165) is 19.6 Å². The van der Waals surface area contributed by atoms with Gasteiger partial charge in [-0.2, -0.15) is 0 Å². The lowest BCUT2D eigenvalue weighted by atomic mass is 10.1. The summed E-state index contributed by atoms with van der Waals surface area (Å²) in [6, 6.07) is 7.18. The van der Waals surface area contributed by atoms with E-state index >= 15 is 0 Å². The third-order valence-corrected chi connectivity index (χ3v) is 3.74. The van der Waals surface area contributed by atoms with Crippen LogP contribution in [0.3, 0.4) is 0 Å². The first-order valence-electron chi connectivity index (χ1n) is 5.41. The minimum absolute atomic E-state index is 0.582. The molecule has 1 aliphatic heterocycles. The van der Waals surface area contributed by atoms with E-state index in [1.54, 1.807) is 0 Å². The van der Waals surface area contributed by atoms with Crippen LogP contribution >= 0.6 is 15.9 Å². The van der Waals surface area contributed by atoms with E-state index in [9.17, 15) is 0 Å². The standard InChI is InChI=1S/C12H17BrN2/c1-9-3-4-11(7-12(9)13)15-6-5-14-10(2)8-15/h3-4,7,10,14H,5-6,8H2,1-2H3. The fourth-order valence-electron chi connectivity index (χ4n) is 1.95. The lowest BCUT2D eigenvalue weighted by molar-refractivity contribution is 0.485. The van der Waals surface area contributed by atoms with Crippen LogP contribution in [0.15, 0.2) is 22.7 Å². The average molecular weight is 269 g/mol. The first-order chi connectivity index (χ1) is 7.16. The predicted molar refractivity (Wildman–Crippen MR) is 68.6 cm³/mol. The van der Waals surface area contributed by atoms with Crippen molar-refractivity contribution in [2.45, 2.75) is 19.9 Å². The summed E-state index contributed by atoms with van der Waals surface area (Å²) in [7, 11) is 0. The van der Waals surface area contributed by atoms with Crippen LogP contribution in [-0.4, -0.2) is 25.7 Å². The molecule has 0 aliphatic carbocycles. The molecule has 0 spiro atoms. The van der Waals surface area contributed by atoms with Gasteiger partial charge in [-0.3, -0.25) is 0 Å². The lowest BCUT2D eigenvalue weighted by Crippen LogP contribution is -2.49. The van der Waals surface area contributed by atoms with E-state index in [1.807, 2.05) is 0 Å². The number of benzene rings is 1. The highest BCUT2D eigenvalue weighted by atomic mass is 79.9. The van der Waals surface area contributed by atoms with Crippen molar-refractivity contribution in [1.82, 2.24) is 5.32 Å². The number of aryl methyl sites for hydroxylation is 1. The topological polar surface area (TPSA) is 15.3 Å². The van der Waals surface area contributed by atoms with Crippen LogP contribution in [0.1, 0.15) is 12.5 Å². The molecule has 82 valence electrons. The van der Waals surface area contributed by atoms with Crippen LogP contribution in [-0.2, 0) is 0 Å². The first kappa shape index (κ1) is 11.0. The van der Waals surface area contributed by atoms with Crippen molar-refractivity contribution in [2.75, 3.05) is 24.5 Å². The van der Waals surface area contributed by atoms with Crippen LogP contribution in [0, 0.1) is 6.92 Å². The normalized spacial score (nSPS) is 21.8. The molecule has 3 heteroatoms. The van der Waals surface area contributed by atoms with Crippen LogP contribution in [0.5, 0.6) is 0 Å². The molecule has 1 aliphatic rings. The van der Waals surface area contributed by atoms with Crippen LogP contribution in [0.4, 0.5) is 5.69 Å². The molecular weight excluding hydrogens is 252 g/mol. The maximum Gasteiger partial charge on any atom is 0.0378 e. The van der Waals surface area contributed by atoms with Crippen molar-refractivity contribution in [3.05, 3.63) is 28.2 Å². The maximum atomic E-state index is 3.59. The van der Waals surface area contributed by atoms with E-state index in [4.69, 9.17) is 0 Å². The summed E-state index contributed by atoms with van der Waals surface area (Å²) in [5, 5.41) is 3.45. The first-order valence-corrected chi connectivity index (χ1v) is 6.20. The zero-order valence-corrected chi connectivity index (χ0v) is 10.8. The van der Waals surface area contributed by atoms with Crippen molar-refractivity contribution in [2.24, 2.45) is 0 Å². The molecule has 2 nitrogen and oxygen atoms in total. The van der Waals surface area contributed by atoms with Gasteiger partial charge < -0.3 is 10.2 Å². The highest BCUT2D eigenvalue weighted by Crippen LogP contribution is 2.24. The number of hydrogen-bond donors (Lipinski definition) is 1. The van der Waals surface area contributed by atoms with Gasteiger partial charge >= 0.3 is 0 Å². The molecule has 15 heavy (non-hydrogen) atoms. The Labute approximate surface area is 99.8 Å². The fourth-order valence-corrected chi connectivity index (χ4v) is 2.31. The minimum atomic E-state index is 0.582. The lowest BCUT2D eigenvalue weighted by Gasteiger charge is -2.33. The summed E-state index contributed by atoms with van der Waals surface area (Å²) in [5.41, 5.74) is 2.61. The van der Waals surface area contributed by atoms with Gasteiger partial charge in [0.25, 0.3) is 0 Å². The van der Waals surface area contributed by atoms with E-state index in [1.165, 1.54) is 15.7 Å². The molecule has 0 saturated carbocycles. The molecule has 1 fully saturated rings. The van der Waals surface area contributed by atoms with Crippen molar-refractivity contribution in [3.8, 4) is 0 Å². The van der Waals surface area contributed by atoms with E-state index in [2.05, 4.69) is 58.2 Å². The van der Waals surface area contributed by atoms with Crippen molar-refractivity contribution in [1.29, 1.82) is 0 Å². The van der Waals surface area contributed by atoms with Gasteiger partial charge in [0.1, 0.15) is 0 Å². The Balaban J connectivity index is 2.18. The number of halogens is 1. The molecule has 0 radical (unpaired) electrons. The number of nitrogens with zero attached hydrogens (tertiary/aromatic N) is 1. The van der Waals surface area contributed by atoms with Gasteiger partial charge in [0.15, 0.2) is 0 Å². The Morgan fingerprint density at radius 2 is 2.27 bits per heavy atom. The van der Waals surface area contributed by atoms with Crippen LogP contribution in [0.25, 0.3) is 0 Å². The number of anilines is 1. The Bertz CT molecular complexity index is 351. The van der Waals surface area contributed by atoms with E-state index < -0.39 is 0 Å². The monoisotopic (exact) mass is 268 g/mol. The fraction of sp³-hybridized carbons (Fsp3) is 0.500. The number of piperazine rings is 1. The Morgan fingerprint density at radius 1 is 1.47 bits per heavy atom. The summed E-state index contributed by atoms with van der Waals surface area (Å²) >= 11 is 3.59. The van der Waals surface area contributed by atoms with E-state index in [-0.39, 0.29) is 0 Å². The van der Waals surface area contributed by atoms with Crippen molar-refractivity contribution >= 4 is 21.6 Å². The molecule has 0 aromatic heterocycles. The summed E-state index contributed by atoms with van der Waals surface area (Å²) in [5.74, 6) is 0. The second-order valence-corrected chi connectivity index (χ2v) is 5.09. The van der Waals surface area contributed by atoms with Crippen LogP contribution < -0.4 is 10.2 Å². The zero-order valence-electron chi connectivity index (χ0n) is 9.26. The predicted octanol–water partition coefficient (Wildman–Crippen LogP) is 2.56. The second kappa shape index (κ2) is 4.54. The summed E-state index contributed by atoms with van der Waals surface area (Å²) in [6.07, 6.45) is 0. The maximum absolute atomic E-state index is 3.59. The molecule has 1 aromatic rings. The summed E-state index contributed by atoms with van der Waals surface area (Å²) in [6.45, 7) is 7.62. The minimum Gasteiger partial charge on any atom is -0.369 e. The van der Waals surface area contributed by atoms with Crippen molar-refractivity contribution < 1.29 is 0 Å². The third kappa shape index (κ3) is 2.52. The molecule has 1 atom stereocenters. The quantitative estimate of drug-likeness (QED) is 0.843. The molecule has 1 heterocycles.